The molecule has 1 unspecified atom stereocenters. The quantitative estimate of drug-likeness (QED) is 0.742. The average molecular weight is 167 g/mol. The Balaban J connectivity index is 2.33. The monoisotopic (exact) mass is 167 g/mol. The standard InChI is InChI=1S/C9H17N3/c1-4-8(2)5-10-9-6-11-12(3)7-9/h6-8,10H,4-5H2,1-3H3. The minimum atomic E-state index is 0.727. The van der Waals surface area contributed by atoms with Crippen molar-refractivity contribution in [1.29, 1.82) is 0 Å². The summed E-state index contributed by atoms with van der Waals surface area (Å²) < 4.78 is 1.80. The molecule has 0 spiro atoms. The van der Waals surface area contributed by atoms with Crippen molar-refractivity contribution in [1.82, 2.24) is 9.78 Å². The Bertz CT molecular complexity index is 229. The Morgan fingerprint density at radius 2 is 2.42 bits per heavy atom. The molecule has 0 fully saturated rings. The maximum absolute atomic E-state index is 4.07. The highest BCUT2D eigenvalue weighted by atomic mass is 15.3. The van der Waals surface area contributed by atoms with Crippen molar-refractivity contribution in [2.75, 3.05) is 11.9 Å². The van der Waals surface area contributed by atoms with Gasteiger partial charge in [0.25, 0.3) is 0 Å². The number of hydrogen-bond donors (Lipinski definition) is 1. The molecular formula is C9H17N3. The van der Waals surface area contributed by atoms with Crippen molar-refractivity contribution in [3.05, 3.63) is 12.4 Å². The van der Waals surface area contributed by atoms with Crippen molar-refractivity contribution >= 4 is 5.69 Å². The lowest BCUT2D eigenvalue weighted by molar-refractivity contribution is 0.593. The first-order chi connectivity index (χ1) is 5.72. The second-order valence-corrected chi connectivity index (χ2v) is 3.30. The molecule has 0 saturated carbocycles. The van der Waals surface area contributed by atoms with Crippen LogP contribution in [0.4, 0.5) is 5.69 Å². The summed E-state index contributed by atoms with van der Waals surface area (Å²) in [4.78, 5) is 0. The van der Waals surface area contributed by atoms with Crippen LogP contribution in [0, 0.1) is 5.92 Å². The number of anilines is 1. The third-order valence-electron chi connectivity index (χ3n) is 2.06. The van der Waals surface area contributed by atoms with Gasteiger partial charge in [0.05, 0.1) is 11.9 Å². The Morgan fingerprint density at radius 3 is 2.92 bits per heavy atom. The van der Waals surface area contributed by atoms with Gasteiger partial charge in [0.15, 0.2) is 0 Å². The van der Waals surface area contributed by atoms with Crippen LogP contribution in [0.15, 0.2) is 12.4 Å². The zero-order valence-electron chi connectivity index (χ0n) is 8.04. The van der Waals surface area contributed by atoms with E-state index in [1.54, 1.807) is 4.68 Å². The summed E-state index contributed by atoms with van der Waals surface area (Å²) >= 11 is 0. The van der Waals surface area contributed by atoms with E-state index in [1.165, 1.54) is 6.42 Å². The second-order valence-electron chi connectivity index (χ2n) is 3.30. The van der Waals surface area contributed by atoms with Crippen LogP contribution in [0.3, 0.4) is 0 Å². The van der Waals surface area contributed by atoms with Gasteiger partial charge in [0.2, 0.25) is 0 Å². The minimum Gasteiger partial charge on any atom is -0.382 e. The summed E-state index contributed by atoms with van der Waals surface area (Å²) in [5.41, 5.74) is 1.11. The zero-order chi connectivity index (χ0) is 8.97. The van der Waals surface area contributed by atoms with E-state index in [2.05, 4.69) is 24.3 Å². The normalized spacial score (nSPS) is 12.9. The summed E-state index contributed by atoms with van der Waals surface area (Å²) in [6.45, 7) is 5.47. The lowest BCUT2D eigenvalue weighted by Gasteiger charge is -2.08. The third-order valence-corrected chi connectivity index (χ3v) is 2.06. The van der Waals surface area contributed by atoms with Crippen LogP contribution >= 0.6 is 0 Å². The number of nitrogens with zero attached hydrogens (tertiary/aromatic N) is 2. The molecule has 0 aliphatic carbocycles. The molecule has 0 saturated heterocycles. The lowest BCUT2D eigenvalue weighted by Crippen LogP contribution is -2.09. The van der Waals surface area contributed by atoms with E-state index in [-0.39, 0.29) is 0 Å². The van der Waals surface area contributed by atoms with Crippen LogP contribution in [0.5, 0.6) is 0 Å². The summed E-state index contributed by atoms with van der Waals surface area (Å²) in [5, 5.41) is 7.41. The molecule has 0 amide bonds. The summed E-state index contributed by atoms with van der Waals surface area (Å²) in [6.07, 6.45) is 5.05. The molecule has 0 bridgehead atoms. The molecule has 1 N–H and O–H groups in total. The van der Waals surface area contributed by atoms with E-state index in [9.17, 15) is 0 Å². The van der Waals surface area contributed by atoms with Crippen molar-refractivity contribution < 1.29 is 0 Å². The van der Waals surface area contributed by atoms with Gasteiger partial charge >= 0.3 is 0 Å². The fraction of sp³-hybridized carbons (Fsp3) is 0.667. The molecular weight excluding hydrogens is 150 g/mol. The number of aryl methyl sites for hydroxylation is 1. The molecule has 1 rings (SSSR count). The van der Waals surface area contributed by atoms with E-state index in [0.29, 0.717) is 0 Å². The van der Waals surface area contributed by atoms with Gasteiger partial charge in [-0.3, -0.25) is 4.68 Å². The Hall–Kier alpha value is -0.990. The van der Waals surface area contributed by atoms with Crippen molar-refractivity contribution in [2.45, 2.75) is 20.3 Å². The SMILES string of the molecule is CCC(C)CNc1cnn(C)c1. The van der Waals surface area contributed by atoms with E-state index in [1.807, 2.05) is 19.4 Å². The van der Waals surface area contributed by atoms with Crippen LogP contribution in [0.2, 0.25) is 0 Å². The molecule has 0 aromatic carbocycles. The topological polar surface area (TPSA) is 29.9 Å². The molecule has 0 aliphatic heterocycles. The Morgan fingerprint density at radius 1 is 1.67 bits per heavy atom. The molecule has 68 valence electrons. The maximum atomic E-state index is 4.07. The second kappa shape index (κ2) is 4.14. The van der Waals surface area contributed by atoms with Crippen LogP contribution < -0.4 is 5.32 Å². The van der Waals surface area contributed by atoms with Gasteiger partial charge in [0.1, 0.15) is 0 Å². The van der Waals surface area contributed by atoms with Crippen LogP contribution in [0.25, 0.3) is 0 Å². The first-order valence-electron chi connectivity index (χ1n) is 4.45. The summed E-state index contributed by atoms with van der Waals surface area (Å²) in [5.74, 6) is 0.727. The molecule has 1 aromatic rings. The zero-order valence-corrected chi connectivity index (χ0v) is 8.04. The summed E-state index contributed by atoms with van der Waals surface area (Å²) in [6, 6.07) is 0. The highest BCUT2D eigenvalue weighted by molar-refractivity contribution is 5.37. The smallest absolute Gasteiger partial charge is 0.0726 e. The third kappa shape index (κ3) is 2.57. The number of nitrogens with one attached hydrogen (secondary N) is 1. The van der Waals surface area contributed by atoms with Gasteiger partial charge in [-0.1, -0.05) is 20.3 Å². The van der Waals surface area contributed by atoms with E-state index >= 15 is 0 Å². The van der Waals surface area contributed by atoms with Crippen LogP contribution in [-0.2, 0) is 7.05 Å². The largest absolute Gasteiger partial charge is 0.382 e. The summed E-state index contributed by atoms with van der Waals surface area (Å²) in [7, 11) is 1.93. The highest BCUT2D eigenvalue weighted by Crippen LogP contribution is 2.06. The molecule has 1 aromatic heterocycles. The van der Waals surface area contributed by atoms with Gasteiger partial charge in [-0.2, -0.15) is 5.10 Å². The van der Waals surface area contributed by atoms with Gasteiger partial charge < -0.3 is 5.32 Å². The predicted molar refractivity (Wildman–Crippen MR) is 51.2 cm³/mol. The molecule has 3 nitrogen and oxygen atoms in total. The van der Waals surface area contributed by atoms with Gasteiger partial charge in [0, 0.05) is 19.8 Å². The van der Waals surface area contributed by atoms with E-state index in [0.717, 1.165) is 18.2 Å². The van der Waals surface area contributed by atoms with Gasteiger partial charge in [-0.05, 0) is 5.92 Å². The number of aromatic nitrogens is 2. The Kier molecular flexibility index (Phi) is 3.14. The average Bonchev–Trinajstić information content (AvgIpc) is 2.47. The number of hydrogen-bond acceptors (Lipinski definition) is 2. The molecule has 0 aliphatic rings. The van der Waals surface area contributed by atoms with Crippen molar-refractivity contribution in [3.63, 3.8) is 0 Å². The first-order valence-corrected chi connectivity index (χ1v) is 4.45. The first kappa shape index (κ1) is 9.10. The van der Waals surface area contributed by atoms with Crippen LogP contribution in [0.1, 0.15) is 20.3 Å². The molecule has 12 heavy (non-hydrogen) atoms. The molecule has 1 atom stereocenters. The van der Waals surface area contributed by atoms with E-state index < -0.39 is 0 Å². The molecule has 3 heteroatoms. The predicted octanol–water partition coefficient (Wildman–Crippen LogP) is 1.88. The van der Waals surface area contributed by atoms with Gasteiger partial charge in [-0.25, -0.2) is 0 Å². The van der Waals surface area contributed by atoms with Crippen molar-refractivity contribution in [3.8, 4) is 0 Å². The highest BCUT2D eigenvalue weighted by Gasteiger charge is 1.98. The molecule has 1 heterocycles. The molecule has 0 radical (unpaired) electrons. The van der Waals surface area contributed by atoms with Crippen LogP contribution in [-0.4, -0.2) is 16.3 Å². The number of rotatable bonds is 4. The minimum absolute atomic E-state index is 0.727. The maximum Gasteiger partial charge on any atom is 0.0726 e. The lowest BCUT2D eigenvalue weighted by atomic mass is 10.1. The fourth-order valence-corrected chi connectivity index (χ4v) is 0.949. The van der Waals surface area contributed by atoms with E-state index in [4.69, 9.17) is 0 Å². The van der Waals surface area contributed by atoms with Crippen molar-refractivity contribution in [2.24, 2.45) is 13.0 Å². The Labute approximate surface area is 73.8 Å². The fourth-order valence-electron chi connectivity index (χ4n) is 0.949. The van der Waals surface area contributed by atoms with Gasteiger partial charge in [-0.15, -0.1) is 0 Å².